The Labute approximate surface area is 143 Å². The first-order valence-corrected chi connectivity index (χ1v) is 8.30. The van der Waals surface area contributed by atoms with Crippen molar-refractivity contribution in [2.24, 2.45) is 11.8 Å². The summed E-state index contributed by atoms with van der Waals surface area (Å²) in [5.41, 5.74) is -0.280. The van der Waals surface area contributed by atoms with Crippen LogP contribution in [0.25, 0.3) is 0 Å². The number of hydrogen-bond donors (Lipinski definition) is 1. The van der Waals surface area contributed by atoms with Crippen molar-refractivity contribution in [1.29, 1.82) is 0 Å². The van der Waals surface area contributed by atoms with E-state index in [1.54, 1.807) is 32.1 Å². The highest BCUT2D eigenvalue weighted by atomic mass is 16.6. The summed E-state index contributed by atoms with van der Waals surface area (Å²) in [5, 5.41) is 9.75. The van der Waals surface area contributed by atoms with Crippen LogP contribution in [0.4, 0.5) is 0 Å². The average molecular weight is 330 g/mol. The van der Waals surface area contributed by atoms with Crippen LogP contribution < -0.4 is 0 Å². The van der Waals surface area contributed by atoms with Crippen LogP contribution in [0.15, 0.2) is 48.1 Å². The molecule has 0 aromatic rings. The van der Waals surface area contributed by atoms with E-state index in [1.807, 2.05) is 19.1 Å². The van der Waals surface area contributed by atoms with Gasteiger partial charge in [0.05, 0.1) is 11.5 Å². The van der Waals surface area contributed by atoms with Gasteiger partial charge >= 0.3 is 5.97 Å². The zero-order chi connectivity index (χ0) is 18.0. The minimum atomic E-state index is -0.957. The van der Waals surface area contributed by atoms with Crippen molar-refractivity contribution in [2.75, 3.05) is 0 Å². The van der Waals surface area contributed by atoms with Gasteiger partial charge in [0.2, 0.25) is 0 Å². The van der Waals surface area contributed by atoms with Crippen LogP contribution in [0.5, 0.6) is 0 Å². The molecule has 0 spiro atoms. The van der Waals surface area contributed by atoms with Gasteiger partial charge in [0.15, 0.2) is 0 Å². The first-order chi connectivity index (χ1) is 11.2. The molecule has 1 saturated heterocycles. The van der Waals surface area contributed by atoms with Crippen molar-refractivity contribution in [3.05, 3.63) is 48.1 Å². The third-order valence-electron chi connectivity index (χ3n) is 4.59. The van der Waals surface area contributed by atoms with Gasteiger partial charge in [0, 0.05) is 5.92 Å². The largest absolute Gasteiger partial charge is 0.455 e. The molecule has 24 heavy (non-hydrogen) atoms. The molecule has 4 nitrogen and oxygen atoms in total. The van der Waals surface area contributed by atoms with Crippen LogP contribution in [0.3, 0.4) is 0 Å². The number of ether oxygens (including phenoxy) is 1. The van der Waals surface area contributed by atoms with E-state index in [0.29, 0.717) is 24.8 Å². The van der Waals surface area contributed by atoms with Crippen LogP contribution in [-0.4, -0.2) is 28.6 Å². The zero-order valence-electron chi connectivity index (χ0n) is 14.6. The first kappa shape index (κ1) is 18.4. The van der Waals surface area contributed by atoms with E-state index in [0.717, 1.165) is 11.9 Å². The van der Waals surface area contributed by atoms with Gasteiger partial charge in [0.1, 0.15) is 11.9 Å². The van der Waals surface area contributed by atoms with E-state index < -0.39 is 17.1 Å². The minimum Gasteiger partial charge on any atom is -0.455 e. The van der Waals surface area contributed by atoms with E-state index in [1.165, 1.54) is 0 Å². The maximum atomic E-state index is 12.6. The van der Waals surface area contributed by atoms with Gasteiger partial charge in [-0.3, -0.25) is 9.59 Å². The molecular formula is C20H26O4. The average Bonchev–Trinajstić information content (AvgIpc) is 2.54. The molecule has 2 heterocycles. The van der Waals surface area contributed by atoms with Crippen LogP contribution in [-0.2, 0) is 14.3 Å². The van der Waals surface area contributed by atoms with Gasteiger partial charge in [0.25, 0.3) is 0 Å². The van der Waals surface area contributed by atoms with Crippen LogP contribution >= 0.6 is 0 Å². The van der Waals surface area contributed by atoms with Crippen molar-refractivity contribution in [1.82, 2.24) is 0 Å². The van der Waals surface area contributed by atoms with Gasteiger partial charge in [-0.25, -0.2) is 0 Å². The Morgan fingerprint density at radius 3 is 2.83 bits per heavy atom. The SMILES string of the molecule is C=C1C/C=C\[C@]2(C)CC[C@H](/C(C=O)=C\C=C\C(C)(C)O)[C@H]1C(=O)O2. The highest BCUT2D eigenvalue weighted by molar-refractivity contribution is 5.82. The molecule has 0 aliphatic carbocycles. The Kier molecular flexibility index (Phi) is 5.29. The Morgan fingerprint density at radius 2 is 2.21 bits per heavy atom. The molecule has 0 aromatic carbocycles. The monoisotopic (exact) mass is 330 g/mol. The van der Waals surface area contributed by atoms with Crippen LogP contribution in [0, 0.1) is 11.8 Å². The van der Waals surface area contributed by atoms with Crippen molar-refractivity contribution in [2.45, 2.75) is 51.2 Å². The number of esters is 1. The van der Waals surface area contributed by atoms with Crippen molar-refractivity contribution in [3.63, 3.8) is 0 Å². The summed E-state index contributed by atoms with van der Waals surface area (Å²) in [6.07, 6.45) is 11.6. The summed E-state index contributed by atoms with van der Waals surface area (Å²) in [6.45, 7) is 9.25. The van der Waals surface area contributed by atoms with Crippen molar-refractivity contribution in [3.8, 4) is 0 Å². The highest BCUT2D eigenvalue weighted by Crippen LogP contribution is 2.41. The van der Waals surface area contributed by atoms with Gasteiger partial charge < -0.3 is 9.84 Å². The fraction of sp³-hybridized carbons (Fsp3) is 0.500. The molecule has 0 radical (unpaired) electrons. The van der Waals surface area contributed by atoms with E-state index in [-0.39, 0.29) is 11.9 Å². The maximum Gasteiger partial charge on any atom is 0.314 e. The lowest BCUT2D eigenvalue weighted by Crippen LogP contribution is -2.32. The normalized spacial score (nSPS) is 32.9. The lowest BCUT2D eigenvalue weighted by atomic mass is 9.78. The Bertz CT molecular complexity index is 618. The predicted molar refractivity (Wildman–Crippen MR) is 93.2 cm³/mol. The van der Waals surface area contributed by atoms with E-state index in [4.69, 9.17) is 4.74 Å². The van der Waals surface area contributed by atoms with Crippen LogP contribution in [0.2, 0.25) is 0 Å². The Hall–Kier alpha value is -1.94. The van der Waals surface area contributed by atoms with Crippen LogP contribution in [0.1, 0.15) is 40.0 Å². The molecule has 1 fully saturated rings. The fourth-order valence-corrected chi connectivity index (χ4v) is 3.28. The number of aliphatic hydroxyl groups is 1. The Balaban J connectivity index is 2.39. The number of carbonyl (C=O) groups excluding carboxylic acids is 2. The molecule has 1 N–H and O–H groups in total. The topological polar surface area (TPSA) is 63.6 Å². The molecule has 2 aliphatic rings. The molecule has 2 bridgehead atoms. The number of carbonyl (C=O) groups is 2. The van der Waals surface area contributed by atoms with Crippen molar-refractivity contribution < 1.29 is 19.4 Å². The van der Waals surface area contributed by atoms with Gasteiger partial charge in [-0.05, 0) is 51.7 Å². The third-order valence-corrected chi connectivity index (χ3v) is 4.59. The predicted octanol–water partition coefficient (Wildman–Crippen LogP) is 3.28. The molecule has 0 amide bonds. The smallest absolute Gasteiger partial charge is 0.314 e. The summed E-state index contributed by atoms with van der Waals surface area (Å²) in [4.78, 5) is 24.3. The molecule has 0 aromatic heterocycles. The summed E-state index contributed by atoms with van der Waals surface area (Å²) < 4.78 is 5.67. The second-order valence-corrected chi connectivity index (χ2v) is 7.42. The molecule has 130 valence electrons. The first-order valence-electron chi connectivity index (χ1n) is 8.30. The summed E-state index contributed by atoms with van der Waals surface area (Å²) >= 11 is 0. The molecule has 3 atom stereocenters. The zero-order valence-corrected chi connectivity index (χ0v) is 14.6. The minimum absolute atomic E-state index is 0.254. The van der Waals surface area contributed by atoms with Crippen molar-refractivity contribution >= 4 is 12.3 Å². The molecule has 0 unspecified atom stereocenters. The van der Waals surface area contributed by atoms with Gasteiger partial charge in [-0.1, -0.05) is 36.5 Å². The summed E-state index contributed by atoms with van der Waals surface area (Å²) in [7, 11) is 0. The third kappa shape index (κ3) is 4.32. The maximum absolute atomic E-state index is 12.6. The number of fused-ring (bicyclic) bond motifs is 3. The lowest BCUT2D eigenvalue weighted by Gasteiger charge is -2.28. The lowest BCUT2D eigenvalue weighted by molar-refractivity contribution is -0.156. The number of allylic oxidation sites excluding steroid dienone is 4. The van der Waals surface area contributed by atoms with E-state index in [2.05, 4.69) is 6.58 Å². The van der Waals surface area contributed by atoms with Gasteiger partial charge in [-0.2, -0.15) is 0 Å². The molecule has 4 heteroatoms. The van der Waals surface area contributed by atoms with E-state index >= 15 is 0 Å². The second kappa shape index (κ2) is 6.89. The highest BCUT2D eigenvalue weighted by Gasteiger charge is 2.42. The van der Waals surface area contributed by atoms with E-state index in [9.17, 15) is 14.7 Å². The number of aldehydes is 1. The fourth-order valence-electron chi connectivity index (χ4n) is 3.28. The standard InChI is InChI=1S/C20H26O4/c1-14-7-5-11-20(4)12-9-16(17(14)18(22)24-20)15(13-21)8-6-10-19(2,3)23/h5-6,8,10-11,13,16-17,23H,1,7,9,12H2,2-4H3/b10-6+,11-5-,15-8-/t16-,17+,20-/m1/s1. The molecule has 2 aliphatic heterocycles. The number of rotatable bonds is 4. The molecule has 0 saturated carbocycles. The summed E-state index contributed by atoms with van der Waals surface area (Å²) in [6, 6.07) is 0. The molecular weight excluding hydrogens is 304 g/mol. The summed E-state index contributed by atoms with van der Waals surface area (Å²) in [5.74, 6) is -1.08. The second-order valence-electron chi connectivity index (χ2n) is 7.42. The Morgan fingerprint density at radius 1 is 1.50 bits per heavy atom. The number of hydrogen-bond acceptors (Lipinski definition) is 4. The quantitative estimate of drug-likeness (QED) is 0.282. The van der Waals surface area contributed by atoms with Gasteiger partial charge in [-0.15, -0.1) is 0 Å². The molecule has 2 rings (SSSR count).